The van der Waals surface area contributed by atoms with Gasteiger partial charge in [-0.1, -0.05) is 72.4 Å². The van der Waals surface area contributed by atoms with Gasteiger partial charge in [-0.05, 0) is 5.56 Å². The van der Waals surface area contributed by atoms with Gasteiger partial charge in [0.2, 0.25) is 0 Å². The summed E-state index contributed by atoms with van der Waals surface area (Å²) < 4.78 is 7.65. The van der Waals surface area contributed by atoms with Crippen LogP contribution in [-0.4, -0.2) is 30.8 Å². The number of nitrogens with zero attached hydrogens (tertiary/aromatic N) is 4. The molecule has 0 unspecified atom stereocenters. The molecule has 0 saturated heterocycles. The van der Waals surface area contributed by atoms with Crippen molar-refractivity contribution >= 4 is 28.8 Å². The standard InChI is InChI=1S/C23H20N4O4S/c1-26-20-18(22(29)27(2)23(26)30)21(25-19(24-20)16-11-7-4-8-12-16)32-14-17(28)31-13-15-9-5-3-6-10-15/h3-12H,13-14H2,1-2H3. The molecule has 8 nitrogen and oxygen atoms in total. The van der Waals surface area contributed by atoms with Crippen LogP contribution in [0.2, 0.25) is 0 Å². The molecule has 4 rings (SSSR count). The summed E-state index contributed by atoms with van der Waals surface area (Å²) in [4.78, 5) is 46.7. The Morgan fingerprint density at radius 2 is 1.59 bits per heavy atom. The number of rotatable bonds is 6. The zero-order chi connectivity index (χ0) is 22.7. The normalized spacial score (nSPS) is 10.9. The van der Waals surface area contributed by atoms with E-state index in [1.54, 1.807) is 7.05 Å². The van der Waals surface area contributed by atoms with Crippen molar-refractivity contribution in [2.45, 2.75) is 11.6 Å². The first-order valence-corrected chi connectivity index (χ1v) is 10.8. The Balaban J connectivity index is 1.69. The molecule has 0 bridgehead atoms. The Hall–Kier alpha value is -3.72. The monoisotopic (exact) mass is 448 g/mol. The van der Waals surface area contributed by atoms with Crippen LogP contribution < -0.4 is 11.2 Å². The van der Waals surface area contributed by atoms with Crippen molar-refractivity contribution in [2.75, 3.05) is 5.75 Å². The average Bonchev–Trinajstić information content (AvgIpc) is 2.84. The predicted octanol–water partition coefficient (Wildman–Crippen LogP) is 2.53. The number of thioether (sulfide) groups is 1. The fraction of sp³-hybridized carbons (Fsp3) is 0.174. The molecule has 2 aromatic heterocycles. The molecular formula is C23H20N4O4S. The van der Waals surface area contributed by atoms with E-state index >= 15 is 0 Å². The van der Waals surface area contributed by atoms with Crippen molar-refractivity contribution in [1.29, 1.82) is 0 Å². The number of hydrogen-bond acceptors (Lipinski definition) is 7. The van der Waals surface area contributed by atoms with Crippen LogP contribution in [-0.2, 0) is 30.2 Å². The van der Waals surface area contributed by atoms with E-state index < -0.39 is 17.2 Å². The number of esters is 1. The van der Waals surface area contributed by atoms with Crippen LogP contribution in [0.1, 0.15) is 5.56 Å². The lowest BCUT2D eigenvalue weighted by molar-refractivity contribution is -0.141. The summed E-state index contributed by atoms with van der Waals surface area (Å²) in [5.41, 5.74) is 0.831. The Bertz CT molecular complexity index is 1400. The zero-order valence-electron chi connectivity index (χ0n) is 17.5. The second kappa shape index (κ2) is 9.19. The number of aromatic nitrogens is 4. The Morgan fingerprint density at radius 3 is 2.28 bits per heavy atom. The molecule has 0 aliphatic carbocycles. The molecule has 2 heterocycles. The number of aryl methyl sites for hydroxylation is 1. The van der Waals surface area contributed by atoms with Gasteiger partial charge in [0.1, 0.15) is 17.0 Å². The van der Waals surface area contributed by atoms with Gasteiger partial charge in [0.05, 0.1) is 5.75 Å². The van der Waals surface area contributed by atoms with E-state index in [9.17, 15) is 14.4 Å². The van der Waals surface area contributed by atoms with E-state index in [1.165, 1.54) is 11.6 Å². The molecule has 0 atom stereocenters. The highest BCUT2D eigenvalue weighted by Gasteiger charge is 2.19. The summed E-state index contributed by atoms with van der Waals surface area (Å²) in [5.74, 6) is -0.117. The molecule has 9 heteroatoms. The minimum atomic E-state index is -0.511. The Morgan fingerprint density at radius 1 is 0.938 bits per heavy atom. The van der Waals surface area contributed by atoms with Crippen molar-refractivity contribution in [3.8, 4) is 11.4 Å². The van der Waals surface area contributed by atoms with Crippen LogP contribution in [0.25, 0.3) is 22.4 Å². The number of benzene rings is 2. The molecule has 0 spiro atoms. The van der Waals surface area contributed by atoms with E-state index in [0.717, 1.165) is 27.5 Å². The predicted molar refractivity (Wildman–Crippen MR) is 122 cm³/mol. The highest BCUT2D eigenvalue weighted by Crippen LogP contribution is 2.26. The molecule has 2 aromatic carbocycles. The summed E-state index contributed by atoms with van der Waals surface area (Å²) in [6.45, 7) is 0.163. The number of hydrogen-bond donors (Lipinski definition) is 0. The van der Waals surface area contributed by atoms with Crippen LogP contribution in [0.4, 0.5) is 0 Å². The lowest BCUT2D eigenvalue weighted by Gasteiger charge is -2.12. The first-order chi connectivity index (χ1) is 15.5. The molecule has 0 fully saturated rings. The Kier molecular flexibility index (Phi) is 6.18. The number of carbonyl (C=O) groups is 1. The van der Waals surface area contributed by atoms with Gasteiger partial charge >= 0.3 is 11.7 Å². The van der Waals surface area contributed by atoms with Gasteiger partial charge in [0, 0.05) is 19.7 Å². The van der Waals surface area contributed by atoms with Gasteiger partial charge < -0.3 is 4.74 Å². The lowest BCUT2D eigenvalue weighted by atomic mass is 10.2. The van der Waals surface area contributed by atoms with Gasteiger partial charge in [0.15, 0.2) is 11.5 Å². The van der Waals surface area contributed by atoms with E-state index in [-0.39, 0.29) is 23.4 Å². The molecule has 0 N–H and O–H groups in total. The van der Waals surface area contributed by atoms with Crippen molar-refractivity contribution < 1.29 is 9.53 Å². The largest absolute Gasteiger partial charge is 0.460 e. The minimum Gasteiger partial charge on any atom is -0.460 e. The second-order valence-electron chi connectivity index (χ2n) is 7.06. The molecule has 162 valence electrons. The van der Waals surface area contributed by atoms with Crippen molar-refractivity contribution in [1.82, 2.24) is 19.1 Å². The van der Waals surface area contributed by atoms with Gasteiger partial charge in [-0.25, -0.2) is 14.8 Å². The zero-order valence-corrected chi connectivity index (χ0v) is 18.3. The van der Waals surface area contributed by atoms with E-state index in [4.69, 9.17) is 4.74 Å². The molecule has 0 saturated carbocycles. The van der Waals surface area contributed by atoms with E-state index in [1.807, 2.05) is 60.7 Å². The van der Waals surface area contributed by atoms with Crippen molar-refractivity contribution in [2.24, 2.45) is 14.1 Å². The van der Waals surface area contributed by atoms with Crippen LogP contribution >= 0.6 is 11.8 Å². The summed E-state index contributed by atoms with van der Waals surface area (Å²) in [5, 5.41) is 0.511. The summed E-state index contributed by atoms with van der Waals surface area (Å²) >= 11 is 1.09. The highest BCUT2D eigenvalue weighted by molar-refractivity contribution is 8.00. The molecule has 0 amide bonds. The smallest absolute Gasteiger partial charge is 0.332 e. The maximum Gasteiger partial charge on any atom is 0.332 e. The third-order valence-electron chi connectivity index (χ3n) is 4.87. The van der Waals surface area contributed by atoms with Crippen LogP contribution in [0.3, 0.4) is 0 Å². The lowest BCUT2D eigenvalue weighted by Crippen LogP contribution is -2.37. The summed E-state index contributed by atoms with van der Waals surface area (Å²) in [6.07, 6.45) is 0. The molecule has 32 heavy (non-hydrogen) atoms. The van der Waals surface area contributed by atoms with Gasteiger partial charge in [-0.3, -0.25) is 18.7 Å². The first-order valence-electron chi connectivity index (χ1n) is 9.81. The SMILES string of the molecule is Cn1c(=O)c2c(SCC(=O)OCc3ccccc3)nc(-c3ccccc3)nc2n(C)c1=O. The second-order valence-corrected chi connectivity index (χ2v) is 8.02. The highest BCUT2D eigenvalue weighted by atomic mass is 32.2. The fourth-order valence-corrected chi connectivity index (χ4v) is 3.97. The van der Waals surface area contributed by atoms with Gasteiger partial charge in [-0.2, -0.15) is 0 Å². The van der Waals surface area contributed by atoms with Gasteiger partial charge in [0.25, 0.3) is 5.56 Å². The number of carbonyl (C=O) groups excluding carboxylic acids is 1. The molecule has 0 radical (unpaired) electrons. The van der Waals surface area contributed by atoms with Crippen molar-refractivity contribution in [3.63, 3.8) is 0 Å². The maximum absolute atomic E-state index is 12.9. The van der Waals surface area contributed by atoms with Crippen LogP contribution in [0, 0.1) is 0 Å². The molecular weight excluding hydrogens is 428 g/mol. The third kappa shape index (κ3) is 4.33. The minimum absolute atomic E-state index is 0.0425. The average molecular weight is 449 g/mol. The van der Waals surface area contributed by atoms with Crippen LogP contribution in [0.15, 0.2) is 75.3 Å². The quantitative estimate of drug-likeness (QED) is 0.254. The van der Waals surface area contributed by atoms with E-state index in [0.29, 0.717) is 10.9 Å². The van der Waals surface area contributed by atoms with Crippen LogP contribution in [0.5, 0.6) is 0 Å². The maximum atomic E-state index is 12.9. The van der Waals surface area contributed by atoms with Crippen molar-refractivity contribution in [3.05, 3.63) is 87.1 Å². The van der Waals surface area contributed by atoms with E-state index in [2.05, 4.69) is 9.97 Å². The Labute approximate surface area is 187 Å². The molecule has 4 aromatic rings. The third-order valence-corrected chi connectivity index (χ3v) is 5.82. The molecule has 0 aliphatic rings. The fourth-order valence-electron chi connectivity index (χ4n) is 3.16. The van der Waals surface area contributed by atoms with Gasteiger partial charge in [-0.15, -0.1) is 0 Å². The molecule has 0 aliphatic heterocycles. The summed E-state index contributed by atoms with van der Waals surface area (Å²) in [7, 11) is 2.95. The topological polar surface area (TPSA) is 96.1 Å². The number of fused-ring (bicyclic) bond motifs is 1. The first kappa shape index (κ1) is 21.5. The number of ether oxygens (including phenoxy) is 1. The summed E-state index contributed by atoms with van der Waals surface area (Å²) in [6, 6.07) is 18.6.